The zero-order valence-corrected chi connectivity index (χ0v) is 39.3. The van der Waals surface area contributed by atoms with Crippen LogP contribution in [0, 0.1) is 0 Å². The van der Waals surface area contributed by atoms with Crippen molar-refractivity contribution in [3.63, 3.8) is 0 Å². The Bertz CT molecular complexity index is 3000. The Balaban J connectivity index is 0.904. The highest BCUT2D eigenvalue weighted by Crippen LogP contribution is 2.41. The molecule has 3 nitrogen and oxygen atoms in total. The summed E-state index contributed by atoms with van der Waals surface area (Å²) in [7, 11) is 0. The van der Waals surface area contributed by atoms with Crippen molar-refractivity contribution in [2.24, 2.45) is 0 Å². The first kappa shape index (κ1) is 43.6. The third-order valence-electron chi connectivity index (χ3n) is 13.2. The molecule has 0 amide bonds. The van der Waals surface area contributed by atoms with Gasteiger partial charge in [0.1, 0.15) is 0 Å². The second-order valence-electron chi connectivity index (χ2n) is 17.7. The van der Waals surface area contributed by atoms with Crippen LogP contribution in [0.15, 0.2) is 279 Å². The van der Waals surface area contributed by atoms with E-state index in [4.69, 9.17) is 0 Å². The maximum atomic E-state index is 2.48. The molecular formula is C67H53N3. The van der Waals surface area contributed by atoms with E-state index in [-0.39, 0.29) is 0 Å². The fraction of sp³-hybridized carbons (Fsp3) is 0.0448. The summed E-state index contributed by atoms with van der Waals surface area (Å²) in [5.74, 6) is 0. The minimum Gasteiger partial charge on any atom is -0.341 e. The molecule has 0 saturated heterocycles. The Labute approximate surface area is 412 Å². The predicted octanol–water partition coefficient (Wildman–Crippen LogP) is 18.8. The molecule has 0 aliphatic rings. The van der Waals surface area contributed by atoms with Crippen molar-refractivity contribution in [1.82, 2.24) is 4.57 Å². The van der Waals surface area contributed by atoms with Gasteiger partial charge in [0.15, 0.2) is 0 Å². The molecule has 0 spiro atoms. The van der Waals surface area contributed by atoms with Crippen LogP contribution in [0.3, 0.4) is 0 Å². The summed E-state index contributed by atoms with van der Waals surface area (Å²) in [6.45, 7) is 3.16. The highest BCUT2D eigenvalue weighted by Gasteiger charge is 2.18. The van der Waals surface area contributed by atoms with E-state index in [2.05, 4.69) is 300 Å². The second kappa shape index (κ2) is 20.1. The lowest BCUT2D eigenvalue weighted by Crippen LogP contribution is -2.10. The van der Waals surface area contributed by atoms with Crippen molar-refractivity contribution < 1.29 is 0 Å². The molecule has 336 valence electrons. The molecule has 0 aliphatic carbocycles. The lowest BCUT2D eigenvalue weighted by atomic mass is 10.0. The molecule has 0 atom stereocenters. The number of nitrogens with zero attached hydrogens (tertiary/aromatic N) is 3. The van der Waals surface area contributed by atoms with Gasteiger partial charge in [-0.2, -0.15) is 0 Å². The second-order valence-corrected chi connectivity index (χ2v) is 17.7. The van der Waals surface area contributed by atoms with E-state index in [1.54, 1.807) is 0 Å². The Morgan fingerprint density at radius 3 is 0.643 bits per heavy atom. The standard InChI is InChI=1S/C67H53N3/c1-2-49-68-66(58-31-43-64(44-32-58)69(60-35-23-54(24-36-60)50-15-7-3-8-16-50)61-37-25-55(26-38-61)51-17-9-4-10-18-51)47-48-67(68)59-33-45-65(46-34-59)70(62-39-27-56(28-40-62)52-19-11-5-12-20-52)63-41-29-57(30-42-63)53-21-13-6-14-22-53/h3-48H,2,49H2,1H3. The quantitative estimate of drug-likeness (QED) is 0.108. The van der Waals surface area contributed by atoms with Gasteiger partial charge in [-0.1, -0.05) is 201 Å². The summed E-state index contributed by atoms with van der Waals surface area (Å²) in [6.07, 6.45) is 1.02. The molecule has 0 unspecified atom stereocenters. The fourth-order valence-corrected chi connectivity index (χ4v) is 9.63. The van der Waals surface area contributed by atoms with E-state index in [0.29, 0.717) is 0 Å². The number of aromatic nitrogens is 1. The molecule has 11 aromatic rings. The van der Waals surface area contributed by atoms with E-state index in [1.807, 2.05) is 0 Å². The molecule has 0 aliphatic heterocycles. The third-order valence-corrected chi connectivity index (χ3v) is 13.2. The largest absolute Gasteiger partial charge is 0.341 e. The topological polar surface area (TPSA) is 11.4 Å². The van der Waals surface area contributed by atoms with Crippen molar-refractivity contribution in [2.45, 2.75) is 19.9 Å². The van der Waals surface area contributed by atoms with Crippen molar-refractivity contribution >= 4 is 34.1 Å². The van der Waals surface area contributed by atoms with Gasteiger partial charge in [-0.3, -0.25) is 0 Å². The van der Waals surface area contributed by atoms with Crippen LogP contribution >= 0.6 is 0 Å². The number of hydrogen-bond donors (Lipinski definition) is 0. The van der Waals surface area contributed by atoms with Crippen molar-refractivity contribution in [3.8, 4) is 67.0 Å². The minimum atomic E-state index is 0.905. The minimum absolute atomic E-state index is 0.905. The number of benzene rings is 10. The lowest BCUT2D eigenvalue weighted by Gasteiger charge is -2.26. The monoisotopic (exact) mass is 899 g/mol. The van der Waals surface area contributed by atoms with Crippen LogP contribution in [0.4, 0.5) is 34.1 Å². The Kier molecular flexibility index (Phi) is 12.5. The maximum absolute atomic E-state index is 2.48. The molecule has 70 heavy (non-hydrogen) atoms. The predicted molar refractivity (Wildman–Crippen MR) is 297 cm³/mol. The molecule has 1 heterocycles. The van der Waals surface area contributed by atoms with Crippen molar-refractivity contribution in [2.75, 3.05) is 9.80 Å². The zero-order valence-electron chi connectivity index (χ0n) is 39.3. The number of rotatable bonds is 14. The maximum Gasteiger partial charge on any atom is 0.0485 e. The van der Waals surface area contributed by atoms with Crippen LogP contribution in [0.25, 0.3) is 67.0 Å². The van der Waals surface area contributed by atoms with Gasteiger partial charge in [-0.15, -0.1) is 0 Å². The summed E-state index contributed by atoms with van der Waals surface area (Å²) >= 11 is 0. The van der Waals surface area contributed by atoms with Gasteiger partial charge in [-0.25, -0.2) is 0 Å². The number of hydrogen-bond acceptors (Lipinski definition) is 2. The van der Waals surface area contributed by atoms with Gasteiger partial charge in [0.2, 0.25) is 0 Å². The normalized spacial score (nSPS) is 11.0. The van der Waals surface area contributed by atoms with E-state index in [1.165, 1.54) is 67.0 Å². The zero-order chi connectivity index (χ0) is 47.1. The first-order chi connectivity index (χ1) is 34.7. The van der Waals surface area contributed by atoms with Gasteiger partial charge in [0.25, 0.3) is 0 Å². The number of anilines is 6. The highest BCUT2D eigenvalue weighted by molar-refractivity contribution is 5.83. The van der Waals surface area contributed by atoms with E-state index < -0.39 is 0 Å². The molecular weight excluding hydrogens is 847 g/mol. The molecule has 0 radical (unpaired) electrons. The SMILES string of the molecule is CCCn1c(-c2ccc(N(c3ccc(-c4ccccc4)cc3)c3ccc(-c4ccccc4)cc3)cc2)ccc1-c1ccc(N(c2ccc(-c3ccccc3)cc2)c2ccc(-c3ccccc3)cc2)cc1. The molecule has 3 heteroatoms. The Morgan fingerprint density at radius 2 is 0.429 bits per heavy atom. The molecule has 10 aromatic carbocycles. The molecule has 0 fully saturated rings. The lowest BCUT2D eigenvalue weighted by molar-refractivity contribution is 0.695. The van der Waals surface area contributed by atoms with Gasteiger partial charge >= 0.3 is 0 Å². The van der Waals surface area contributed by atoms with E-state index >= 15 is 0 Å². The molecule has 11 rings (SSSR count). The smallest absolute Gasteiger partial charge is 0.0485 e. The summed E-state index contributed by atoms with van der Waals surface area (Å²) in [5, 5.41) is 0. The van der Waals surface area contributed by atoms with Gasteiger partial charge in [0.05, 0.1) is 0 Å². The average Bonchev–Trinajstić information content (AvgIpc) is 3.86. The van der Waals surface area contributed by atoms with Crippen LogP contribution in [0.5, 0.6) is 0 Å². The summed E-state index contributed by atoms with van der Waals surface area (Å²) in [6, 6.07) is 101. The van der Waals surface area contributed by atoms with Crippen molar-refractivity contribution in [3.05, 3.63) is 279 Å². The van der Waals surface area contributed by atoms with E-state index in [9.17, 15) is 0 Å². The fourth-order valence-electron chi connectivity index (χ4n) is 9.63. The summed E-state index contributed by atoms with van der Waals surface area (Å²) < 4.78 is 2.48. The molecule has 1 aromatic heterocycles. The molecule has 0 N–H and O–H groups in total. The van der Waals surface area contributed by atoms with Crippen molar-refractivity contribution in [1.29, 1.82) is 0 Å². The Morgan fingerprint density at radius 1 is 0.229 bits per heavy atom. The third kappa shape index (κ3) is 9.21. The van der Waals surface area contributed by atoms with Crippen LogP contribution < -0.4 is 9.80 Å². The average molecular weight is 900 g/mol. The highest BCUT2D eigenvalue weighted by atomic mass is 15.1. The van der Waals surface area contributed by atoms with Gasteiger partial charge in [0, 0.05) is 52.1 Å². The van der Waals surface area contributed by atoms with Crippen LogP contribution in [-0.4, -0.2) is 4.57 Å². The summed E-state index contributed by atoms with van der Waals surface area (Å²) in [4.78, 5) is 4.70. The Hall–Kier alpha value is -8.92. The first-order valence-corrected chi connectivity index (χ1v) is 24.3. The van der Waals surface area contributed by atoms with E-state index in [0.717, 1.165) is 47.1 Å². The van der Waals surface area contributed by atoms with Crippen LogP contribution in [0.1, 0.15) is 13.3 Å². The molecule has 0 bridgehead atoms. The summed E-state index contributed by atoms with van der Waals surface area (Å²) in [5.41, 5.74) is 21.0. The first-order valence-electron chi connectivity index (χ1n) is 24.3. The van der Waals surface area contributed by atoms with Gasteiger partial charge in [-0.05, 0) is 147 Å². The van der Waals surface area contributed by atoms with Crippen LogP contribution in [0.2, 0.25) is 0 Å². The van der Waals surface area contributed by atoms with Gasteiger partial charge < -0.3 is 14.4 Å². The molecule has 0 saturated carbocycles. The van der Waals surface area contributed by atoms with Crippen LogP contribution in [-0.2, 0) is 6.54 Å².